The first-order chi connectivity index (χ1) is 5.04. The number of aryl methyl sites for hydroxylation is 1. The summed E-state index contributed by atoms with van der Waals surface area (Å²) in [5.41, 5.74) is 7.74. The fourth-order valence-electron chi connectivity index (χ4n) is 0.935. The van der Waals surface area contributed by atoms with Crippen molar-refractivity contribution < 1.29 is 4.79 Å². The Hall–Kier alpha value is -0.320. The molecule has 1 aromatic rings. The summed E-state index contributed by atoms with van der Waals surface area (Å²) < 4.78 is 1.21. The molecule has 1 aromatic heterocycles. The van der Waals surface area contributed by atoms with Crippen LogP contribution in [0.15, 0.2) is 0 Å². The molecule has 4 nitrogen and oxygen atoms in total. The molecular weight excluding hydrogens is 165 g/mol. The Bertz CT molecular complexity index is 306. The number of primary amides is 1. The average Bonchev–Trinajstić information content (AvgIpc) is 2.17. The summed E-state index contributed by atoms with van der Waals surface area (Å²) >= 11 is 0. The van der Waals surface area contributed by atoms with Crippen LogP contribution in [0.4, 0.5) is 4.79 Å². The van der Waals surface area contributed by atoms with E-state index in [1.54, 1.807) is 0 Å². The number of hydrogen-bond acceptors (Lipinski definition) is 2. The third-order valence-corrected chi connectivity index (χ3v) is 1.86. The van der Waals surface area contributed by atoms with Crippen LogP contribution in [-0.2, 0) is 0 Å². The van der Waals surface area contributed by atoms with Crippen LogP contribution in [0.2, 0.25) is 0 Å². The van der Waals surface area contributed by atoms with Crippen LogP contribution in [0.5, 0.6) is 0 Å². The van der Waals surface area contributed by atoms with Crippen molar-refractivity contribution in [3.63, 3.8) is 0 Å². The molecule has 0 aliphatic heterocycles. The van der Waals surface area contributed by atoms with Gasteiger partial charge in [-0.15, -0.1) is 0 Å². The van der Waals surface area contributed by atoms with E-state index in [1.807, 2.05) is 20.8 Å². The molecule has 0 radical (unpaired) electrons. The first-order valence-corrected chi connectivity index (χ1v) is 3.36. The van der Waals surface area contributed by atoms with E-state index >= 15 is 0 Å². The van der Waals surface area contributed by atoms with Gasteiger partial charge in [0.15, 0.2) is 0 Å². The van der Waals surface area contributed by atoms with Crippen molar-refractivity contribution in [3.8, 4) is 0 Å². The molecule has 0 saturated carbocycles. The first-order valence-electron chi connectivity index (χ1n) is 3.36. The monoisotopic (exact) mass is 177 g/mol. The van der Waals surface area contributed by atoms with Crippen molar-refractivity contribution >= 4 is 35.6 Å². The molecule has 1 heterocycles. The quantitative estimate of drug-likeness (QED) is 0.571. The molecule has 0 aromatic carbocycles. The van der Waals surface area contributed by atoms with Crippen molar-refractivity contribution in [2.24, 2.45) is 5.73 Å². The Morgan fingerprint density at radius 2 is 1.92 bits per heavy atom. The first kappa shape index (κ1) is 11.7. The molecule has 5 heteroatoms. The maximum atomic E-state index is 10.7. The molecule has 0 atom stereocenters. The van der Waals surface area contributed by atoms with E-state index in [2.05, 4.69) is 5.10 Å². The van der Waals surface area contributed by atoms with E-state index in [1.165, 1.54) is 4.68 Å². The number of nitrogens with zero attached hydrogens (tertiary/aromatic N) is 2. The van der Waals surface area contributed by atoms with Gasteiger partial charge in [-0.25, -0.2) is 4.79 Å². The van der Waals surface area contributed by atoms with Crippen LogP contribution in [-0.4, -0.2) is 45.4 Å². The van der Waals surface area contributed by atoms with E-state index in [-0.39, 0.29) is 29.6 Å². The Kier molecular flexibility index (Phi) is 3.96. The van der Waals surface area contributed by atoms with E-state index in [4.69, 9.17) is 5.73 Å². The number of hydrogen-bond donors (Lipinski definition) is 1. The number of amides is 1. The zero-order valence-electron chi connectivity index (χ0n) is 6.88. The Balaban J connectivity index is 0.00000121. The van der Waals surface area contributed by atoms with Crippen LogP contribution >= 0.6 is 0 Å². The van der Waals surface area contributed by atoms with Gasteiger partial charge in [0, 0.05) is 5.69 Å². The summed E-state index contributed by atoms with van der Waals surface area (Å²) in [5.74, 6) is 0. The van der Waals surface area contributed by atoms with Gasteiger partial charge in [-0.2, -0.15) is 9.78 Å². The fraction of sp³-hybridized carbons (Fsp3) is 0.429. The van der Waals surface area contributed by atoms with Gasteiger partial charge in [-0.05, 0) is 26.3 Å². The van der Waals surface area contributed by atoms with E-state index in [0.29, 0.717) is 0 Å². The minimum atomic E-state index is -0.529. The van der Waals surface area contributed by atoms with Gasteiger partial charge in [0.1, 0.15) is 0 Å². The Labute approximate surface area is 93.4 Å². The normalized spacial score (nSPS) is 9.25. The van der Waals surface area contributed by atoms with Gasteiger partial charge in [-0.1, -0.05) is 0 Å². The second-order valence-corrected chi connectivity index (χ2v) is 2.55. The standard InChI is InChI=1S/C7H11N3O.Na.H/c1-4-5(2)9-10(6(4)3)7(8)11;;/h1-3H3,(H2,8,11);;. The Morgan fingerprint density at radius 1 is 1.42 bits per heavy atom. The predicted molar refractivity (Wildman–Crippen MR) is 48.6 cm³/mol. The topological polar surface area (TPSA) is 60.9 Å². The molecule has 0 aliphatic carbocycles. The van der Waals surface area contributed by atoms with Gasteiger partial charge < -0.3 is 5.73 Å². The average molecular weight is 177 g/mol. The van der Waals surface area contributed by atoms with Gasteiger partial charge in [0.2, 0.25) is 0 Å². The van der Waals surface area contributed by atoms with Crippen molar-refractivity contribution in [2.75, 3.05) is 0 Å². The van der Waals surface area contributed by atoms with Gasteiger partial charge in [-0.3, -0.25) is 0 Å². The summed E-state index contributed by atoms with van der Waals surface area (Å²) in [6, 6.07) is -0.529. The van der Waals surface area contributed by atoms with Crippen LogP contribution in [0, 0.1) is 20.8 Å². The number of rotatable bonds is 0. The van der Waals surface area contributed by atoms with Crippen molar-refractivity contribution in [2.45, 2.75) is 20.8 Å². The molecule has 0 aliphatic rings. The maximum absolute atomic E-state index is 10.7. The zero-order chi connectivity index (χ0) is 8.59. The summed E-state index contributed by atoms with van der Waals surface area (Å²) in [4.78, 5) is 10.7. The third kappa shape index (κ3) is 1.88. The molecule has 12 heavy (non-hydrogen) atoms. The molecule has 1 rings (SSSR count). The van der Waals surface area contributed by atoms with Gasteiger partial charge in [0.25, 0.3) is 0 Å². The van der Waals surface area contributed by atoms with Crippen LogP contribution < -0.4 is 5.73 Å². The van der Waals surface area contributed by atoms with Crippen LogP contribution in [0.25, 0.3) is 0 Å². The second-order valence-electron chi connectivity index (χ2n) is 2.55. The SMILES string of the molecule is Cc1nn(C(N)=O)c(C)c1C.[NaH]. The molecule has 0 unspecified atom stereocenters. The minimum absolute atomic E-state index is 0. The molecule has 62 valence electrons. The fourth-order valence-corrected chi connectivity index (χ4v) is 0.935. The molecule has 0 bridgehead atoms. The number of nitrogens with two attached hydrogens (primary N) is 1. The second kappa shape index (κ2) is 4.07. The van der Waals surface area contributed by atoms with Crippen LogP contribution in [0.3, 0.4) is 0 Å². The van der Waals surface area contributed by atoms with Crippen molar-refractivity contribution in [1.82, 2.24) is 9.78 Å². The third-order valence-electron chi connectivity index (χ3n) is 1.86. The molecule has 0 saturated heterocycles. The number of aromatic nitrogens is 2. The van der Waals surface area contributed by atoms with Crippen molar-refractivity contribution in [1.29, 1.82) is 0 Å². The number of carbonyl (C=O) groups excluding carboxylic acids is 1. The van der Waals surface area contributed by atoms with Gasteiger partial charge >= 0.3 is 35.6 Å². The zero-order valence-corrected chi connectivity index (χ0v) is 6.88. The summed E-state index contributed by atoms with van der Waals surface area (Å²) in [6.07, 6.45) is 0. The van der Waals surface area contributed by atoms with E-state index in [0.717, 1.165) is 17.0 Å². The van der Waals surface area contributed by atoms with E-state index in [9.17, 15) is 4.79 Å². The molecule has 2 N–H and O–H groups in total. The predicted octanol–water partition coefficient (Wildman–Crippen LogP) is 0.0867. The Morgan fingerprint density at radius 3 is 2.08 bits per heavy atom. The molecule has 0 fully saturated rings. The van der Waals surface area contributed by atoms with E-state index < -0.39 is 6.03 Å². The summed E-state index contributed by atoms with van der Waals surface area (Å²) in [5, 5.41) is 3.95. The van der Waals surface area contributed by atoms with Gasteiger partial charge in [0.05, 0.1) is 5.69 Å². The van der Waals surface area contributed by atoms with Crippen LogP contribution in [0.1, 0.15) is 17.0 Å². The van der Waals surface area contributed by atoms with Crippen molar-refractivity contribution in [3.05, 3.63) is 17.0 Å². The summed E-state index contributed by atoms with van der Waals surface area (Å²) in [6.45, 7) is 5.58. The summed E-state index contributed by atoms with van der Waals surface area (Å²) in [7, 11) is 0. The number of carbonyl (C=O) groups is 1. The molecular formula is C7H12N3NaO. The molecule has 0 spiro atoms. The molecule has 1 amide bonds.